The highest BCUT2D eigenvalue weighted by Crippen LogP contribution is 2.28. The fraction of sp³-hybridized carbons (Fsp3) is 0.600. The fourth-order valence-corrected chi connectivity index (χ4v) is 1.72. The second-order valence-corrected chi connectivity index (χ2v) is 3.94. The van der Waals surface area contributed by atoms with Crippen molar-refractivity contribution in [3.63, 3.8) is 0 Å². The van der Waals surface area contributed by atoms with E-state index in [1.807, 2.05) is 19.3 Å². The molecular weight excluding hydrogens is 162 g/mol. The Balaban J connectivity index is 1.91. The van der Waals surface area contributed by atoms with Crippen LogP contribution in [0, 0.1) is 12.8 Å². The van der Waals surface area contributed by atoms with Crippen molar-refractivity contribution in [2.45, 2.75) is 32.7 Å². The minimum Gasteiger partial charge on any atom is -0.380 e. The number of aromatic nitrogens is 2. The Morgan fingerprint density at radius 3 is 2.46 bits per heavy atom. The van der Waals surface area contributed by atoms with Gasteiger partial charge in [0.1, 0.15) is 5.82 Å². The van der Waals surface area contributed by atoms with E-state index in [1.54, 1.807) is 0 Å². The number of nitrogens with zero attached hydrogens (tertiary/aromatic N) is 2. The first-order chi connectivity index (χ1) is 6.24. The predicted molar refractivity (Wildman–Crippen MR) is 52.6 cm³/mol. The average molecular weight is 177 g/mol. The van der Waals surface area contributed by atoms with E-state index in [1.165, 1.54) is 12.8 Å². The van der Waals surface area contributed by atoms with Crippen LogP contribution in [0.2, 0.25) is 0 Å². The lowest BCUT2D eigenvalue weighted by atomic mass is 9.82. The average Bonchev–Trinajstić information content (AvgIpc) is 2.06. The highest BCUT2D eigenvalue weighted by Gasteiger charge is 2.24. The monoisotopic (exact) mass is 177 g/mol. The van der Waals surface area contributed by atoms with Gasteiger partial charge in [0.05, 0.1) is 18.1 Å². The molecule has 0 atom stereocenters. The summed E-state index contributed by atoms with van der Waals surface area (Å²) in [4.78, 5) is 8.27. The lowest BCUT2D eigenvalue weighted by Gasteiger charge is -2.33. The summed E-state index contributed by atoms with van der Waals surface area (Å²) in [5.74, 6) is 1.70. The van der Waals surface area contributed by atoms with E-state index in [-0.39, 0.29) is 0 Å². The molecule has 1 saturated carbocycles. The highest BCUT2D eigenvalue weighted by atomic mass is 15.0. The summed E-state index contributed by atoms with van der Waals surface area (Å²) in [6.45, 7) is 4.18. The molecule has 0 aliphatic heterocycles. The van der Waals surface area contributed by atoms with Crippen molar-refractivity contribution in [3.8, 4) is 0 Å². The molecule has 3 heteroatoms. The van der Waals surface area contributed by atoms with Gasteiger partial charge in [0, 0.05) is 6.04 Å². The Bertz CT molecular complexity index is 275. The number of rotatable bonds is 2. The quantitative estimate of drug-likeness (QED) is 0.750. The molecule has 3 nitrogen and oxygen atoms in total. The summed E-state index contributed by atoms with van der Waals surface area (Å²) in [6.07, 6.45) is 6.25. The first-order valence-corrected chi connectivity index (χ1v) is 4.79. The first kappa shape index (κ1) is 8.48. The lowest BCUT2D eigenvalue weighted by molar-refractivity contribution is 0.309. The second-order valence-electron chi connectivity index (χ2n) is 3.94. The van der Waals surface area contributed by atoms with Gasteiger partial charge in [0.25, 0.3) is 0 Å². The van der Waals surface area contributed by atoms with Gasteiger partial charge in [-0.15, -0.1) is 0 Å². The molecule has 1 aromatic heterocycles. The normalized spacial score (nSPS) is 26.6. The molecule has 1 aromatic rings. The van der Waals surface area contributed by atoms with E-state index in [9.17, 15) is 0 Å². The van der Waals surface area contributed by atoms with Crippen LogP contribution < -0.4 is 5.32 Å². The minimum atomic E-state index is 0.640. The first-order valence-electron chi connectivity index (χ1n) is 4.79. The van der Waals surface area contributed by atoms with Crippen molar-refractivity contribution >= 4 is 5.69 Å². The second kappa shape index (κ2) is 3.32. The molecule has 0 unspecified atom stereocenters. The van der Waals surface area contributed by atoms with Gasteiger partial charge >= 0.3 is 0 Å². The lowest BCUT2D eigenvalue weighted by Crippen LogP contribution is -2.33. The fourth-order valence-electron chi connectivity index (χ4n) is 1.72. The summed E-state index contributed by atoms with van der Waals surface area (Å²) >= 11 is 0. The van der Waals surface area contributed by atoms with Gasteiger partial charge in [-0.05, 0) is 25.7 Å². The maximum Gasteiger partial charge on any atom is 0.125 e. The van der Waals surface area contributed by atoms with Crippen molar-refractivity contribution in [2.24, 2.45) is 5.92 Å². The van der Waals surface area contributed by atoms with Crippen molar-refractivity contribution < 1.29 is 0 Å². The van der Waals surface area contributed by atoms with Crippen molar-refractivity contribution in [2.75, 3.05) is 5.32 Å². The zero-order valence-electron chi connectivity index (χ0n) is 8.12. The molecule has 70 valence electrons. The Labute approximate surface area is 78.6 Å². The van der Waals surface area contributed by atoms with Crippen LogP contribution in [0.4, 0.5) is 5.69 Å². The molecule has 0 spiro atoms. The van der Waals surface area contributed by atoms with Gasteiger partial charge in [-0.2, -0.15) is 0 Å². The number of anilines is 1. The SMILES string of the molecule is Cc1ncc(NC2CC(C)C2)cn1. The predicted octanol–water partition coefficient (Wildman–Crippen LogP) is 2.00. The highest BCUT2D eigenvalue weighted by molar-refractivity contribution is 5.39. The van der Waals surface area contributed by atoms with Gasteiger partial charge in [0.2, 0.25) is 0 Å². The van der Waals surface area contributed by atoms with Crippen molar-refractivity contribution in [1.82, 2.24) is 9.97 Å². The number of nitrogens with one attached hydrogen (secondary N) is 1. The molecule has 1 heterocycles. The third-order valence-corrected chi connectivity index (χ3v) is 2.53. The van der Waals surface area contributed by atoms with Crippen LogP contribution in [0.15, 0.2) is 12.4 Å². The van der Waals surface area contributed by atoms with E-state index >= 15 is 0 Å². The summed E-state index contributed by atoms with van der Waals surface area (Å²) in [5.41, 5.74) is 1.04. The molecule has 0 bridgehead atoms. The van der Waals surface area contributed by atoms with E-state index in [4.69, 9.17) is 0 Å². The summed E-state index contributed by atoms with van der Waals surface area (Å²) in [7, 11) is 0. The molecule has 1 aliphatic rings. The minimum absolute atomic E-state index is 0.640. The summed E-state index contributed by atoms with van der Waals surface area (Å²) < 4.78 is 0. The standard InChI is InChI=1S/C10H15N3/c1-7-3-9(4-7)13-10-5-11-8(2)12-6-10/h5-7,9,13H,3-4H2,1-2H3. The van der Waals surface area contributed by atoms with Crippen LogP contribution in [0.5, 0.6) is 0 Å². The number of hydrogen-bond donors (Lipinski definition) is 1. The Hall–Kier alpha value is -1.12. The summed E-state index contributed by atoms with van der Waals surface area (Å²) in [6, 6.07) is 0.640. The molecule has 0 saturated heterocycles. The zero-order chi connectivity index (χ0) is 9.26. The van der Waals surface area contributed by atoms with E-state index in [0.717, 1.165) is 17.4 Å². The van der Waals surface area contributed by atoms with E-state index < -0.39 is 0 Å². The smallest absolute Gasteiger partial charge is 0.125 e. The van der Waals surface area contributed by atoms with Crippen LogP contribution in [-0.4, -0.2) is 16.0 Å². The number of aryl methyl sites for hydroxylation is 1. The summed E-state index contributed by atoms with van der Waals surface area (Å²) in [5, 5.41) is 3.41. The molecule has 0 aromatic carbocycles. The Morgan fingerprint density at radius 1 is 1.31 bits per heavy atom. The van der Waals surface area contributed by atoms with Crippen LogP contribution in [0.3, 0.4) is 0 Å². The third-order valence-electron chi connectivity index (χ3n) is 2.53. The van der Waals surface area contributed by atoms with Crippen LogP contribution in [0.1, 0.15) is 25.6 Å². The van der Waals surface area contributed by atoms with Crippen molar-refractivity contribution in [1.29, 1.82) is 0 Å². The Kier molecular flexibility index (Phi) is 2.17. The molecular formula is C10H15N3. The Morgan fingerprint density at radius 2 is 1.92 bits per heavy atom. The van der Waals surface area contributed by atoms with Gasteiger partial charge in [-0.3, -0.25) is 0 Å². The van der Waals surface area contributed by atoms with Gasteiger partial charge in [0.15, 0.2) is 0 Å². The topological polar surface area (TPSA) is 37.8 Å². The molecule has 1 fully saturated rings. The number of hydrogen-bond acceptors (Lipinski definition) is 3. The van der Waals surface area contributed by atoms with Crippen LogP contribution >= 0.6 is 0 Å². The molecule has 13 heavy (non-hydrogen) atoms. The maximum atomic E-state index is 4.14. The maximum absolute atomic E-state index is 4.14. The molecule has 2 rings (SSSR count). The van der Waals surface area contributed by atoms with Crippen LogP contribution in [-0.2, 0) is 0 Å². The molecule has 1 N–H and O–H groups in total. The van der Waals surface area contributed by atoms with Crippen LogP contribution in [0.25, 0.3) is 0 Å². The van der Waals surface area contributed by atoms with Gasteiger partial charge in [-0.1, -0.05) is 6.92 Å². The molecule has 0 amide bonds. The zero-order valence-corrected chi connectivity index (χ0v) is 8.12. The molecule has 0 radical (unpaired) electrons. The van der Waals surface area contributed by atoms with E-state index in [0.29, 0.717) is 6.04 Å². The van der Waals surface area contributed by atoms with E-state index in [2.05, 4.69) is 22.2 Å². The van der Waals surface area contributed by atoms with Gasteiger partial charge < -0.3 is 5.32 Å². The van der Waals surface area contributed by atoms with Gasteiger partial charge in [-0.25, -0.2) is 9.97 Å². The van der Waals surface area contributed by atoms with Crippen molar-refractivity contribution in [3.05, 3.63) is 18.2 Å². The largest absolute Gasteiger partial charge is 0.380 e. The third kappa shape index (κ3) is 1.97. The molecule has 1 aliphatic carbocycles.